The Labute approximate surface area is 77.5 Å². The fourth-order valence-electron chi connectivity index (χ4n) is 1.11. The van der Waals surface area contributed by atoms with Gasteiger partial charge in [0.05, 0.1) is 27.0 Å². The highest BCUT2D eigenvalue weighted by Crippen LogP contribution is 2.32. The Balaban J connectivity index is 3.20. The van der Waals surface area contributed by atoms with Crippen LogP contribution in [0.1, 0.15) is 5.69 Å². The van der Waals surface area contributed by atoms with Gasteiger partial charge in [-0.05, 0) is 6.92 Å². The third-order valence-corrected chi connectivity index (χ3v) is 1.72. The van der Waals surface area contributed by atoms with Gasteiger partial charge in [0.15, 0.2) is 11.5 Å². The van der Waals surface area contributed by atoms with Crippen LogP contribution in [-0.2, 0) is 0 Å². The summed E-state index contributed by atoms with van der Waals surface area (Å²) in [4.78, 5) is 4.14. The molecule has 0 bridgehead atoms. The first kappa shape index (κ1) is 9.64. The van der Waals surface area contributed by atoms with Gasteiger partial charge in [0, 0.05) is 6.07 Å². The van der Waals surface area contributed by atoms with Crippen molar-refractivity contribution in [1.29, 1.82) is 0 Å². The Morgan fingerprint density at radius 3 is 2.23 bits per heavy atom. The second-order valence-electron chi connectivity index (χ2n) is 2.49. The molecule has 4 heteroatoms. The van der Waals surface area contributed by atoms with Crippen LogP contribution >= 0.6 is 0 Å². The number of ether oxygens (including phenoxy) is 3. The van der Waals surface area contributed by atoms with Crippen molar-refractivity contribution < 1.29 is 14.2 Å². The second-order valence-corrected chi connectivity index (χ2v) is 2.49. The standard InChI is InChI=1S/C9H13NO3/c1-6-9(13-4)7(11-2)5-8(10-6)12-3/h5H,1-4H3. The molecule has 0 saturated carbocycles. The van der Waals surface area contributed by atoms with Gasteiger partial charge in [0.1, 0.15) is 0 Å². The molecule has 1 rings (SSSR count). The molecule has 0 aliphatic carbocycles. The third kappa shape index (κ3) is 1.83. The summed E-state index contributed by atoms with van der Waals surface area (Å²) >= 11 is 0. The monoisotopic (exact) mass is 183 g/mol. The molecule has 0 unspecified atom stereocenters. The predicted molar refractivity (Wildman–Crippen MR) is 48.6 cm³/mol. The molecule has 0 spiro atoms. The van der Waals surface area contributed by atoms with Crippen LogP contribution < -0.4 is 14.2 Å². The normalized spacial score (nSPS) is 9.54. The maximum Gasteiger partial charge on any atom is 0.217 e. The highest BCUT2D eigenvalue weighted by Gasteiger charge is 2.10. The zero-order valence-electron chi connectivity index (χ0n) is 8.25. The first-order valence-corrected chi connectivity index (χ1v) is 3.86. The third-order valence-electron chi connectivity index (χ3n) is 1.72. The van der Waals surface area contributed by atoms with Crippen molar-refractivity contribution >= 4 is 0 Å². The maximum absolute atomic E-state index is 5.12. The minimum Gasteiger partial charge on any atom is -0.493 e. The second kappa shape index (κ2) is 3.98. The fourth-order valence-corrected chi connectivity index (χ4v) is 1.11. The number of hydrogen-bond donors (Lipinski definition) is 0. The average Bonchev–Trinajstić information content (AvgIpc) is 2.16. The van der Waals surface area contributed by atoms with E-state index in [-0.39, 0.29) is 0 Å². The van der Waals surface area contributed by atoms with Gasteiger partial charge < -0.3 is 14.2 Å². The van der Waals surface area contributed by atoms with Crippen molar-refractivity contribution in [1.82, 2.24) is 4.98 Å². The molecule has 0 atom stereocenters. The van der Waals surface area contributed by atoms with Gasteiger partial charge in [-0.2, -0.15) is 0 Å². The Hall–Kier alpha value is -1.45. The van der Waals surface area contributed by atoms with Gasteiger partial charge in [-0.15, -0.1) is 0 Å². The van der Waals surface area contributed by atoms with Gasteiger partial charge in [0.2, 0.25) is 5.88 Å². The summed E-state index contributed by atoms with van der Waals surface area (Å²) in [5.74, 6) is 1.80. The van der Waals surface area contributed by atoms with E-state index in [4.69, 9.17) is 14.2 Å². The lowest BCUT2D eigenvalue weighted by atomic mass is 10.3. The van der Waals surface area contributed by atoms with E-state index >= 15 is 0 Å². The van der Waals surface area contributed by atoms with Crippen molar-refractivity contribution in [3.63, 3.8) is 0 Å². The van der Waals surface area contributed by atoms with Crippen LogP contribution in [0.25, 0.3) is 0 Å². The van der Waals surface area contributed by atoms with Gasteiger partial charge in [0.25, 0.3) is 0 Å². The van der Waals surface area contributed by atoms with Crippen LogP contribution in [0.3, 0.4) is 0 Å². The van der Waals surface area contributed by atoms with E-state index in [2.05, 4.69) is 4.98 Å². The molecule has 0 amide bonds. The summed E-state index contributed by atoms with van der Waals surface area (Å²) in [7, 11) is 4.73. The molecule has 1 heterocycles. The van der Waals surface area contributed by atoms with E-state index in [0.717, 1.165) is 5.69 Å². The van der Waals surface area contributed by atoms with Crippen molar-refractivity contribution in [2.24, 2.45) is 0 Å². The zero-order valence-corrected chi connectivity index (χ0v) is 8.25. The quantitative estimate of drug-likeness (QED) is 0.710. The minimum atomic E-state index is 0.523. The number of pyridine rings is 1. The van der Waals surface area contributed by atoms with Crippen molar-refractivity contribution in [2.75, 3.05) is 21.3 Å². The predicted octanol–water partition coefficient (Wildman–Crippen LogP) is 1.42. The topological polar surface area (TPSA) is 40.6 Å². The van der Waals surface area contributed by atoms with E-state index in [1.807, 2.05) is 6.92 Å². The van der Waals surface area contributed by atoms with Crippen molar-refractivity contribution in [3.05, 3.63) is 11.8 Å². The van der Waals surface area contributed by atoms with E-state index in [1.165, 1.54) is 0 Å². The van der Waals surface area contributed by atoms with Crippen LogP contribution in [-0.4, -0.2) is 26.3 Å². The molecule has 72 valence electrons. The molecule has 0 N–H and O–H groups in total. The lowest BCUT2D eigenvalue weighted by Crippen LogP contribution is -1.97. The van der Waals surface area contributed by atoms with Crippen LogP contribution in [0.4, 0.5) is 0 Å². The molecule has 0 saturated heterocycles. The van der Waals surface area contributed by atoms with Gasteiger partial charge in [-0.3, -0.25) is 0 Å². The largest absolute Gasteiger partial charge is 0.493 e. The lowest BCUT2D eigenvalue weighted by molar-refractivity contribution is 0.340. The summed E-state index contributed by atoms with van der Waals surface area (Å²) in [6.45, 7) is 1.84. The smallest absolute Gasteiger partial charge is 0.217 e. The van der Waals surface area contributed by atoms with E-state index in [9.17, 15) is 0 Å². The van der Waals surface area contributed by atoms with Crippen LogP contribution in [0.15, 0.2) is 6.07 Å². The first-order chi connectivity index (χ1) is 6.22. The molecule has 0 aliphatic heterocycles. The molecule has 13 heavy (non-hydrogen) atoms. The number of methoxy groups -OCH3 is 3. The molecule has 0 aromatic carbocycles. The summed E-state index contributed by atoms with van der Waals surface area (Å²) in [6.07, 6.45) is 0. The molecule has 1 aromatic rings. The van der Waals surface area contributed by atoms with Crippen molar-refractivity contribution in [2.45, 2.75) is 6.92 Å². The summed E-state index contributed by atoms with van der Waals surface area (Å²) in [6, 6.07) is 1.69. The molecular formula is C9H13NO3. The van der Waals surface area contributed by atoms with Crippen molar-refractivity contribution in [3.8, 4) is 17.4 Å². The molecule has 0 fully saturated rings. The van der Waals surface area contributed by atoms with E-state index < -0.39 is 0 Å². The number of aryl methyl sites for hydroxylation is 1. The number of nitrogens with zero attached hydrogens (tertiary/aromatic N) is 1. The molecule has 0 aliphatic rings. The molecule has 4 nitrogen and oxygen atoms in total. The van der Waals surface area contributed by atoms with Crippen LogP contribution in [0, 0.1) is 6.92 Å². The minimum absolute atomic E-state index is 0.523. The van der Waals surface area contributed by atoms with Gasteiger partial charge in [-0.25, -0.2) is 4.98 Å². The van der Waals surface area contributed by atoms with Crippen LogP contribution in [0.5, 0.6) is 17.4 Å². The summed E-state index contributed by atoms with van der Waals surface area (Å²) < 4.78 is 15.2. The Kier molecular flexibility index (Phi) is 2.95. The first-order valence-electron chi connectivity index (χ1n) is 3.86. The van der Waals surface area contributed by atoms with Crippen LogP contribution in [0.2, 0.25) is 0 Å². The molecule has 1 aromatic heterocycles. The highest BCUT2D eigenvalue weighted by molar-refractivity contribution is 5.45. The lowest BCUT2D eigenvalue weighted by Gasteiger charge is -2.10. The van der Waals surface area contributed by atoms with Gasteiger partial charge >= 0.3 is 0 Å². The SMILES string of the molecule is COc1cc(OC)c(OC)c(C)n1. The van der Waals surface area contributed by atoms with E-state index in [0.29, 0.717) is 17.4 Å². The Morgan fingerprint density at radius 1 is 1.08 bits per heavy atom. The maximum atomic E-state index is 5.12. The number of aromatic nitrogens is 1. The molecule has 0 radical (unpaired) electrons. The summed E-state index contributed by atoms with van der Waals surface area (Å²) in [5.41, 5.74) is 0.749. The van der Waals surface area contributed by atoms with E-state index in [1.54, 1.807) is 27.4 Å². The number of hydrogen-bond acceptors (Lipinski definition) is 4. The average molecular weight is 183 g/mol. The highest BCUT2D eigenvalue weighted by atomic mass is 16.5. The fraction of sp³-hybridized carbons (Fsp3) is 0.444. The zero-order chi connectivity index (χ0) is 9.84. The van der Waals surface area contributed by atoms with Gasteiger partial charge in [-0.1, -0.05) is 0 Å². The molecular weight excluding hydrogens is 170 g/mol. The number of rotatable bonds is 3. The Morgan fingerprint density at radius 2 is 1.77 bits per heavy atom. The summed E-state index contributed by atoms with van der Waals surface area (Å²) in [5, 5.41) is 0. The Bertz CT molecular complexity index is 299.